The van der Waals surface area contributed by atoms with Crippen LogP contribution in [0.3, 0.4) is 0 Å². The molecular formula is C73H127NO13. The average Bonchev–Trinajstić information content (AvgIpc) is 2.05. The van der Waals surface area contributed by atoms with Gasteiger partial charge in [-0.3, -0.25) is 4.79 Å². The van der Waals surface area contributed by atoms with Crippen LogP contribution in [0, 0.1) is 0 Å². The van der Waals surface area contributed by atoms with Crippen molar-refractivity contribution in [3.8, 4) is 0 Å². The van der Waals surface area contributed by atoms with Crippen molar-refractivity contribution in [3.63, 3.8) is 0 Å². The first-order valence-corrected chi connectivity index (χ1v) is 35.0. The summed E-state index contributed by atoms with van der Waals surface area (Å²) in [4.78, 5) is 13.3. The molecule has 0 aromatic carbocycles. The Morgan fingerprint density at radius 1 is 0.425 bits per heavy atom. The van der Waals surface area contributed by atoms with Gasteiger partial charge in [0.05, 0.1) is 32.0 Å². The molecule has 9 N–H and O–H groups in total. The Hall–Kier alpha value is -3.09. The second-order valence-electron chi connectivity index (χ2n) is 24.3. The first-order valence-electron chi connectivity index (χ1n) is 35.0. The van der Waals surface area contributed by atoms with Gasteiger partial charge in [0.25, 0.3) is 0 Å². The van der Waals surface area contributed by atoms with Crippen molar-refractivity contribution in [1.82, 2.24) is 5.32 Å². The monoisotopic (exact) mass is 1230 g/mol. The van der Waals surface area contributed by atoms with E-state index in [9.17, 15) is 45.6 Å². The Labute approximate surface area is 528 Å². The Kier molecular flexibility index (Phi) is 52.3. The van der Waals surface area contributed by atoms with Gasteiger partial charge in [-0.2, -0.15) is 0 Å². The van der Waals surface area contributed by atoms with Gasteiger partial charge in [-0.05, 0) is 83.5 Å². The van der Waals surface area contributed by atoms with Crippen molar-refractivity contribution >= 4 is 5.91 Å². The molecular weight excluding hydrogens is 1100 g/mol. The van der Waals surface area contributed by atoms with Gasteiger partial charge in [-0.25, -0.2) is 0 Å². The van der Waals surface area contributed by atoms with E-state index in [0.29, 0.717) is 12.8 Å². The summed E-state index contributed by atoms with van der Waals surface area (Å²) in [6.07, 6.45) is 63.4. The van der Waals surface area contributed by atoms with E-state index in [1.165, 1.54) is 161 Å². The second kappa shape index (κ2) is 56.9. The molecule has 14 nitrogen and oxygen atoms in total. The number of carbonyl (C=O) groups excluding carboxylic acids is 1. The Balaban J connectivity index is 1.58. The Morgan fingerprint density at radius 3 is 1.26 bits per heavy atom. The van der Waals surface area contributed by atoms with Crippen molar-refractivity contribution in [2.75, 3.05) is 19.8 Å². The minimum Gasteiger partial charge on any atom is -0.394 e. The maximum absolute atomic E-state index is 13.3. The van der Waals surface area contributed by atoms with Crippen LogP contribution < -0.4 is 5.32 Å². The minimum absolute atomic E-state index is 0.249. The van der Waals surface area contributed by atoms with Crippen LogP contribution in [0.25, 0.3) is 0 Å². The summed E-state index contributed by atoms with van der Waals surface area (Å²) >= 11 is 0. The molecule has 0 aliphatic carbocycles. The van der Waals surface area contributed by atoms with E-state index in [1.54, 1.807) is 6.08 Å². The summed E-state index contributed by atoms with van der Waals surface area (Å²) in [6.45, 7) is 2.66. The summed E-state index contributed by atoms with van der Waals surface area (Å²) in [7, 11) is 0. The third kappa shape index (κ3) is 41.1. The van der Waals surface area contributed by atoms with Crippen molar-refractivity contribution in [1.29, 1.82) is 0 Å². The predicted octanol–water partition coefficient (Wildman–Crippen LogP) is 14.2. The first kappa shape index (κ1) is 80.0. The van der Waals surface area contributed by atoms with Crippen molar-refractivity contribution < 1.29 is 64.6 Å². The highest BCUT2D eigenvalue weighted by atomic mass is 16.7. The summed E-state index contributed by atoms with van der Waals surface area (Å²) in [5, 5.41) is 87.2. The number of allylic oxidation sites excluding steroid dienone is 15. The number of rotatable bonds is 56. The van der Waals surface area contributed by atoms with E-state index in [1.807, 2.05) is 6.08 Å². The quantitative estimate of drug-likeness (QED) is 0.0204. The van der Waals surface area contributed by atoms with Crippen molar-refractivity contribution in [3.05, 3.63) is 97.2 Å². The molecule has 0 bridgehead atoms. The number of hydrogen-bond acceptors (Lipinski definition) is 13. The molecule has 2 aliphatic heterocycles. The fourth-order valence-electron chi connectivity index (χ4n) is 11.0. The third-order valence-electron chi connectivity index (χ3n) is 16.5. The van der Waals surface area contributed by atoms with Crippen LogP contribution in [0.1, 0.15) is 264 Å². The minimum atomic E-state index is -1.79. The predicted molar refractivity (Wildman–Crippen MR) is 355 cm³/mol. The van der Waals surface area contributed by atoms with E-state index in [4.69, 9.17) is 18.9 Å². The molecule has 2 saturated heterocycles. The molecule has 0 aromatic rings. The molecule has 0 aromatic heterocycles. The lowest BCUT2D eigenvalue weighted by Gasteiger charge is -2.46. The molecule has 1 amide bonds. The van der Waals surface area contributed by atoms with Crippen LogP contribution >= 0.6 is 0 Å². The van der Waals surface area contributed by atoms with E-state index in [-0.39, 0.29) is 18.9 Å². The number of nitrogens with one attached hydrogen (secondary N) is 1. The fraction of sp³-hybridized carbons (Fsp3) is 0.767. The van der Waals surface area contributed by atoms with Crippen LogP contribution in [0.4, 0.5) is 0 Å². The number of ether oxygens (including phenoxy) is 4. The van der Waals surface area contributed by atoms with Gasteiger partial charge in [0.15, 0.2) is 12.6 Å². The summed E-state index contributed by atoms with van der Waals surface area (Å²) in [6, 6.07) is -0.934. The van der Waals surface area contributed by atoms with Crippen molar-refractivity contribution in [2.24, 2.45) is 0 Å². The lowest BCUT2D eigenvalue weighted by Crippen LogP contribution is -2.65. The number of carbonyl (C=O) groups is 1. The maximum atomic E-state index is 13.3. The highest BCUT2D eigenvalue weighted by Crippen LogP contribution is 2.30. The second-order valence-corrected chi connectivity index (χ2v) is 24.3. The fourth-order valence-corrected chi connectivity index (χ4v) is 11.0. The molecule has 2 heterocycles. The average molecular weight is 1230 g/mol. The molecule has 12 unspecified atom stereocenters. The lowest BCUT2D eigenvalue weighted by atomic mass is 9.97. The third-order valence-corrected chi connectivity index (χ3v) is 16.5. The number of hydrogen-bond donors (Lipinski definition) is 9. The molecule has 14 heteroatoms. The zero-order valence-corrected chi connectivity index (χ0v) is 54.5. The lowest BCUT2D eigenvalue weighted by molar-refractivity contribution is -0.359. The maximum Gasteiger partial charge on any atom is 0.220 e. The molecule has 2 fully saturated rings. The van der Waals surface area contributed by atoms with E-state index in [0.717, 1.165) is 70.6 Å². The molecule has 0 saturated carbocycles. The number of unbranched alkanes of at least 4 members (excludes halogenated alkanes) is 29. The van der Waals surface area contributed by atoms with Gasteiger partial charge in [0.1, 0.15) is 48.8 Å². The van der Waals surface area contributed by atoms with E-state index >= 15 is 0 Å². The van der Waals surface area contributed by atoms with Crippen LogP contribution in [0.15, 0.2) is 97.2 Å². The Morgan fingerprint density at radius 2 is 0.805 bits per heavy atom. The molecule has 87 heavy (non-hydrogen) atoms. The molecule has 12 atom stereocenters. The van der Waals surface area contributed by atoms with Crippen LogP contribution in [-0.2, 0) is 23.7 Å². The summed E-state index contributed by atoms with van der Waals surface area (Å²) in [5.74, 6) is -0.249. The highest BCUT2D eigenvalue weighted by Gasteiger charge is 2.51. The Bertz CT molecular complexity index is 1830. The van der Waals surface area contributed by atoms with E-state index in [2.05, 4.69) is 104 Å². The standard InChI is InChI=1S/C73H127NO13/c1-3-5-7-9-11-13-15-17-19-20-21-22-23-24-25-26-27-28-29-30-31-32-33-34-35-36-37-38-39-40-41-42-43-45-47-49-51-53-55-57-65(78)74-61(62(77)56-54-52-50-48-46-44-18-16-14-12-10-8-6-4-2)60-84-72-70(83)68(81)71(64(59-76)86-72)87-73-69(82)67(80)66(79)63(58-75)85-73/h5,7,11,13,17,19,21-22,24-25,27-28,46,48,54,56,61-64,66-73,75-77,79-83H,3-4,6,8-10,12,14-16,18,20,23,26,29-45,47,49-53,55,57-60H2,1-2H3,(H,74,78)/b7-5-,13-11-,19-17-,22-21-,25-24-,28-27-,48-46+,56-54+. The van der Waals surface area contributed by atoms with Crippen LogP contribution in [0.2, 0.25) is 0 Å². The van der Waals surface area contributed by atoms with Gasteiger partial charge in [0, 0.05) is 6.42 Å². The number of aliphatic hydroxyl groups excluding tert-OH is 8. The molecule has 2 aliphatic rings. The van der Waals surface area contributed by atoms with Gasteiger partial charge in [-0.1, -0.05) is 272 Å². The van der Waals surface area contributed by atoms with Gasteiger partial charge in [0.2, 0.25) is 5.91 Å². The number of aliphatic hydroxyl groups is 8. The highest BCUT2D eigenvalue weighted by molar-refractivity contribution is 5.76. The zero-order chi connectivity index (χ0) is 63.1. The topological polar surface area (TPSA) is 228 Å². The zero-order valence-electron chi connectivity index (χ0n) is 54.5. The molecule has 0 spiro atoms. The molecule has 502 valence electrons. The first-order chi connectivity index (χ1) is 42.6. The largest absolute Gasteiger partial charge is 0.394 e. The van der Waals surface area contributed by atoms with Crippen LogP contribution in [-0.4, -0.2) is 140 Å². The van der Waals surface area contributed by atoms with Crippen LogP contribution in [0.5, 0.6) is 0 Å². The van der Waals surface area contributed by atoms with E-state index < -0.39 is 86.8 Å². The molecule has 0 radical (unpaired) electrons. The molecule has 2 rings (SSSR count). The van der Waals surface area contributed by atoms with Crippen molar-refractivity contribution in [2.45, 2.75) is 338 Å². The normalized spacial score (nSPS) is 23.9. The SMILES string of the molecule is CC/C=C\C/C=C\C/C=C\C/C=C\C/C=C\C/C=C\CCCCCCCCCCCCCCCCCCCCCCC(=O)NC(COC1OC(CO)C(OC2OC(CO)C(O)C(O)C2O)C(O)C1O)C(O)/C=C/CC/C=C/CCCCCCCCCC. The smallest absolute Gasteiger partial charge is 0.220 e. The summed E-state index contributed by atoms with van der Waals surface area (Å²) in [5.41, 5.74) is 0. The van der Waals surface area contributed by atoms with Gasteiger partial charge < -0.3 is 65.1 Å². The van der Waals surface area contributed by atoms with Gasteiger partial charge in [-0.15, -0.1) is 0 Å². The number of amides is 1. The van der Waals surface area contributed by atoms with Gasteiger partial charge >= 0.3 is 0 Å². The summed E-state index contributed by atoms with van der Waals surface area (Å²) < 4.78 is 22.8.